The maximum absolute atomic E-state index is 12.6. The molecule has 0 bridgehead atoms. The number of aromatic nitrogens is 2. The standard InChI is InChI=1S/C18H18N4O4S/c1-3-19-17(24)20-15(23)14(12-7-5-4-6-8-12)27-18-22-21-16(26-18)13-9-10-25-11(13)2/h4-10,14H,3H2,1-2H3,(H2,19,20,23,24)/t14-/m0/s1. The van der Waals surface area contributed by atoms with Gasteiger partial charge in [0.25, 0.3) is 11.1 Å². The minimum Gasteiger partial charge on any atom is -0.469 e. The molecule has 3 rings (SSSR count). The average molecular weight is 386 g/mol. The van der Waals surface area contributed by atoms with Gasteiger partial charge in [-0.25, -0.2) is 4.79 Å². The first kappa shape index (κ1) is 18.7. The Morgan fingerprint density at radius 1 is 1.19 bits per heavy atom. The van der Waals surface area contributed by atoms with Crippen molar-refractivity contribution in [2.45, 2.75) is 24.3 Å². The third kappa shape index (κ3) is 4.56. The van der Waals surface area contributed by atoms with E-state index in [2.05, 4.69) is 20.8 Å². The minimum absolute atomic E-state index is 0.213. The molecule has 8 nitrogen and oxygen atoms in total. The monoisotopic (exact) mass is 386 g/mol. The van der Waals surface area contributed by atoms with E-state index in [4.69, 9.17) is 8.83 Å². The largest absolute Gasteiger partial charge is 0.469 e. The zero-order valence-electron chi connectivity index (χ0n) is 14.8. The molecule has 140 valence electrons. The zero-order valence-corrected chi connectivity index (χ0v) is 15.6. The molecule has 3 aromatic rings. The first-order valence-corrected chi connectivity index (χ1v) is 9.14. The summed E-state index contributed by atoms with van der Waals surface area (Å²) < 4.78 is 10.9. The second-order valence-electron chi connectivity index (χ2n) is 5.52. The second kappa shape index (κ2) is 8.54. The van der Waals surface area contributed by atoms with Gasteiger partial charge in [0.1, 0.15) is 11.0 Å². The topological polar surface area (TPSA) is 110 Å². The van der Waals surface area contributed by atoms with Gasteiger partial charge < -0.3 is 14.2 Å². The Morgan fingerprint density at radius 2 is 1.96 bits per heavy atom. The molecule has 3 amide bonds. The van der Waals surface area contributed by atoms with Crippen LogP contribution in [0.3, 0.4) is 0 Å². The van der Waals surface area contributed by atoms with Crippen LogP contribution in [0.15, 0.2) is 56.7 Å². The molecule has 0 unspecified atom stereocenters. The van der Waals surface area contributed by atoms with Crippen molar-refractivity contribution >= 4 is 23.7 Å². The summed E-state index contributed by atoms with van der Waals surface area (Å²) in [5.41, 5.74) is 1.40. The number of nitrogens with zero attached hydrogens (tertiary/aromatic N) is 2. The number of imide groups is 1. The fraction of sp³-hybridized carbons (Fsp3) is 0.222. The summed E-state index contributed by atoms with van der Waals surface area (Å²) >= 11 is 1.07. The molecule has 1 aromatic carbocycles. The summed E-state index contributed by atoms with van der Waals surface area (Å²) in [6.45, 7) is 3.98. The molecule has 0 spiro atoms. The number of nitrogens with one attached hydrogen (secondary N) is 2. The lowest BCUT2D eigenvalue weighted by molar-refractivity contribution is -0.119. The first-order valence-electron chi connectivity index (χ1n) is 8.26. The van der Waals surface area contributed by atoms with Gasteiger partial charge in [-0.05, 0) is 37.2 Å². The summed E-state index contributed by atoms with van der Waals surface area (Å²) in [6, 6.07) is 10.3. The highest BCUT2D eigenvalue weighted by atomic mass is 32.2. The van der Waals surface area contributed by atoms with Crippen LogP contribution in [-0.2, 0) is 4.79 Å². The highest BCUT2D eigenvalue weighted by Crippen LogP contribution is 2.36. The fourth-order valence-electron chi connectivity index (χ4n) is 2.36. The molecule has 27 heavy (non-hydrogen) atoms. The smallest absolute Gasteiger partial charge is 0.321 e. The van der Waals surface area contributed by atoms with Crippen LogP contribution in [0.4, 0.5) is 4.79 Å². The number of aryl methyl sites for hydroxylation is 1. The van der Waals surface area contributed by atoms with E-state index in [0.29, 0.717) is 29.3 Å². The normalized spacial score (nSPS) is 11.8. The number of rotatable bonds is 6. The maximum Gasteiger partial charge on any atom is 0.321 e. The molecular formula is C18H18N4O4S. The van der Waals surface area contributed by atoms with E-state index in [1.165, 1.54) is 6.26 Å². The second-order valence-corrected chi connectivity index (χ2v) is 6.58. The van der Waals surface area contributed by atoms with Crippen LogP contribution in [0.25, 0.3) is 11.5 Å². The van der Waals surface area contributed by atoms with Crippen LogP contribution in [0, 0.1) is 6.92 Å². The highest BCUT2D eigenvalue weighted by Gasteiger charge is 2.26. The molecule has 0 fully saturated rings. The van der Waals surface area contributed by atoms with Gasteiger partial charge in [0, 0.05) is 6.54 Å². The predicted octanol–water partition coefficient (Wildman–Crippen LogP) is 3.32. The Bertz CT molecular complexity index is 922. The number of furan rings is 1. The molecule has 0 aliphatic heterocycles. The molecule has 2 heterocycles. The number of carbonyl (C=O) groups excluding carboxylic acids is 2. The third-order valence-corrected chi connectivity index (χ3v) is 4.72. The Balaban J connectivity index is 1.82. The van der Waals surface area contributed by atoms with Gasteiger partial charge in [0.2, 0.25) is 5.91 Å². The minimum atomic E-state index is -0.729. The lowest BCUT2D eigenvalue weighted by atomic mass is 10.1. The van der Waals surface area contributed by atoms with Gasteiger partial charge in [-0.2, -0.15) is 0 Å². The van der Waals surface area contributed by atoms with E-state index in [0.717, 1.165) is 11.8 Å². The van der Waals surface area contributed by atoms with Crippen LogP contribution in [-0.4, -0.2) is 28.7 Å². The Hall–Kier alpha value is -3.07. The van der Waals surface area contributed by atoms with Crippen LogP contribution in [0.2, 0.25) is 0 Å². The molecule has 0 saturated heterocycles. The van der Waals surface area contributed by atoms with Crippen LogP contribution in [0.1, 0.15) is 23.5 Å². The molecule has 0 aliphatic rings. The SMILES string of the molecule is CCNC(=O)NC(=O)[C@@H](Sc1nnc(-c2ccoc2C)o1)c1ccccc1. The van der Waals surface area contributed by atoms with Gasteiger partial charge in [-0.15, -0.1) is 10.2 Å². The van der Waals surface area contributed by atoms with Crippen molar-refractivity contribution in [1.29, 1.82) is 0 Å². The molecule has 2 aromatic heterocycles. The van der Waals surface area contributed by atoms with Crippen LogP contribution < -0.4 is 10.6 Å². The lowest BCUT2D eigenvalue weighted by Gasteiger charge is -2.14. The predicted molar refractivity (Wildman–Crippen MR) is 99.0 cm³/mol. The quantitative estimate of drug-likeness (QED) is 0.625. The highest BCUT2D eigenvalue weighted by molar-refractivity contribution is 8.00. The van der Waals surface area contributed by atoms with Gasteiger partial charge >= 0.3 is 6.03 Å². The van der Waals surface area contributed by atoms with E-state index >= 15 is 0 Å². The summed E-state index contributed by atoms with van der Waals surface area (Å²) in [5, 5.41) is 12.4. The van der Waals surface area contributed by atoms with Crippen molar-refractivity contribution in [1.82, 2.24) is 20.8 Å². The van der Waals surface area contributed by atoms with E-state index in [-0.39, 0.29) is 5.22 Å². The van der Waals surface area contributed by atoms with Crippen molar-refractivity contribution in [3.8, 4) is 11.5 Å². The summed E-state index contributed by atoms with van der Waals surface area (Å²) in [6.07, 6.45) is 1.54. The molecular weight excluding hydrogens is 368 g/mol. The van der Waals surface area contributed by atoms with Crippen LogP contribution in [0.5, 0.6) is 0 Å². The molecule has 1 atom stereocenters. The van der Waals surface area contributed by atoms with Crippen molar-refractivity contribution in [3.05, 3.63) is 54.0 Å². The maximum atomic E-state index is 12.6. The summed E-state index contributed by atoms with van der Waals surface area (Å²) in [5.74, 6) is 0.486. The lowest BCUT2D eigenvalue weighted by Crippen LogP contribution is -2.41. The first-order chi connectivity index (χ1) is 13.1. The summed E-state index contributed by atoms with van der Waals surface area (Å²) in [4.78, 5) is 24.3. The Kier molecular flexibility index (Phi) is 5.92. The third-order valence-electron chi connectivity index (χ3n) is 3.63. The van der Waals surface area contributed by atoms with E-state index in [1.54, 1.807) is 32.0 Å². The van der Waals surface area contributed by atoms with Gasteiger partial charge in [0.15, 0.2) is 0 Å². The molecule has 2 N–H and O–H groups in total. The van der Waals surface area contributed by atoms with Crippen molar-refractivity contribution in [2.75, 3.05) is 6.54 Å². The molecule has 0 radical (unpaired) electrons. The van der Waals surface area contributed by atoms with E-state index < -0.39 is 17.2 Å². The Morgan fingerprint density at radius 3 is 2.63 bits per heavy atom. The number of hydrogen-bond acceptors (Lipinski definition) is 7. The molecule has 0 aliphatic carbocycles. The number of amides is 3. The van der Waals surface area contributed by atoms with Gasteiger partial charge in [0.05, 0.1) is 11.8 Å². The Labute approximate surface area is 159 Å². The fourth-order valence-corrected chi connectivity index (χ4v) is 3.23. The van der Waals surface area contributed by atoms with Crippen molar-refractivity contribution in [2.24, 2.45) is 0 Å². The van der Waals surface area contributed by atoms with Gasteiger partial charge in [-0.1, -0.05) is 30.3 Å². The number of hydrogen-bond donors (Lipinski definition) is 2. The van der Waals surface area contributed by atoms with E-state index in [9.17, 15) is 9.59 Å². The van der Waals surface area contributed by atoms with Crippen LogP contribution >= 0.6 is 11.8 Å². The number of carbonyl (C=O) groups is 2. The van der Waals surface area contributed by atoms with Crippen molar-refractivity contribution in [3.63, 3.8) is 0 Å². The average Bonchev–Trinajstić information content (AvgIpc) is 3.29. The molecule has 9 heteroatoms. The summed E-state index contributed by atoms with van der Waals surface area (Å²) in [7, 11) is 0. The van der Waals surface area contributed by atoms with Crippen molar-refractivity contribution < 1.29 is 18.4 Å². The number of benzene rings is 1. The number of thioether (sulfide) groups is 1. The zero-order chi connectivity index (χ0) is 19.2. The molecule has 0 saturated carbocycles. The van der Waals surface area contributed by atoms with E-state index in [1.807, 2.05) is 18.2 Å². The number of urea groups is 1. The van der Waals surface area contributed by atoms with Gasteiger partial charge in [-0.3, -0.25) is 10.1 Å².